The van der Waals surface area contributed by atoms with E-state index in [1.807, 2.05) is 24.0 Å². The number of imide groups is 1. The number of ether oxygens (including phenoxy) is 1. The average molecular weight is 807 g/mol. The summed E-state index contributed by atoms with van der Waals surface area (Å²) in [5, 5.41) is 15.8. The highest BCUT2D eigenvalue weighted by molar-refractivity contribution is 6.05. The molecule has 0 aliphatic carbocycles. The molecule has 308 valence electrons. The van der Waals surface area contributed by atoms with Crippen LogP contribution in [0.1, 0.15) is 77.6 Å². The summed E-state index contributed by atoms with van der Waals surface area (Å²) in [6, 6.07) is 11.0. The van der Waals surface area contributed by atoms with Crippen molar-refractivity contribution in [1.82, 2.24) is 30.3 Å². The lowest BCUT2D eigenvalue weighted by molar-refractivity contribution is -0.136. The van der Waals surface area contributed by atoms with Crippen molar-refractivity contribution in [3.8, 4) is 11.6 Å². The number of fused-ring (bicyclic) bond motifs is 2. The quantitative estimate of drug-likeness (QED) is 0.164. The first-order valence-electron chi connectivity index (χ1n) is 19.2. The zero-order valence-electron chi connectivity index (χ0n) is 31.9. The number of aromatic nitrogens is 1. The van der Waals surface area contributed by atoms with Crippen molar-refractivity contribution in [2.45, 2.75) is 75.7 Å². The number of nitrogens with two attached hydrogens (primary N) is 2. The summed E-state index contributed by atoms with van der Waals surface area (Å²) in [6.45, 7) is 3.65. The Hall–Kier alpha value is -5.84. The Morgan fingerprint density at radius 1 is 1.09 bits per heavy atom. The molecule has 1 aromatic heterocycles. The predicted octanol–water partition coefficient (Wildman–Crippen LogP) is 4.03. The van der Waals surface area contributed by atoms with E-state index >= 15 is 4.39 Å². The number of carbonyl (C=O) groups excluding carboxylic acids is 3. The summed E-state index contributed by atoms with van der Waals surface area (Å²) in [5.74, 6) is -2.21. The Morgan fingerprint density at radius 2 is 1.84 bits per heavy atom. The Kier molecular flexibility index (Phi) is 11.5. The van der Waals surface area contributed by atoms with E-state index in [2.05, 4.69) is 26.6 Å². The monoisotopic (exact) mass is 806 g/mol. The van der Waals surface area contributed by atoms with E-state index in [-0.39, 0.29) is 41.3 Å². The summed E-state index contributed by atoms with van der Waals surface area (Å²) in [5.41, 5.74) is 16.4. The molecule has 0 bridgehead atoms. The van der Waals surface area contributed by atoms with Crippen molar-refractivity contribution in [3.63, 3.8) is 0 Å². The lowest BCUT2D eigenvalue weighted by atomic mass is 9.87. The van der Waals surface area contributed by atoms with Crippen molar-refractivity contribution < 1.29 is 41.8 Å². The molecule has 3 saturated heterocycles. The van der Waals surface area contributed by atoms with Crippen molar-refractivity contribution in [2.75, 3.05) is 33.1 Å². The van der Waals surface area contributed by atoms with Crippen molar-refractivity contribution in [2.24, 2.45) is 11.5 Å². The van der Waals surface area contributed by atoms with Crippen LogP contribution in [0, 0.1) is 11.6 Å². The maximum Gasteiger partial charge on any atom is 0.255 e. The molecule has 7 N–H and O–H groups in total. The van der Waals surface area contributed by atoms with Crippen LogP contribution in [0.3, 0.4) is 0 Å². The summed E-state index contributed by atoms with van der Waals surface area (Å²) in [6.07, 6.45) is 5.68. The maximum absolute atomic E-state index is 15.5. The highest BCUT2D eigenvalue weighted by atomic mass is 19.3. The highest BCUT2D eigenvalue weighted by Crippen LogP contribution is 2.39. The number of alkyl halides is 2. The van der Waals surface area contributed by atoms with Gasteiger partial charge in [0.1, 0.15) is 18.0 Å². The highest BCUT2D eigenvalue weighted by Gasteiger charge is 2.47. The van der Waals surface area contributed by atoms with E-state index in [0.717, 1.165) is 48.7 Å². The largest absolute Gasteiger partial charge is 0.504 e. The van der Waals surface area contributed by atoms with Gasteiger partial charge >= 0.3 is 0 Å². The molecule has 3 fully saturated rings. The topological polar surface area (TPSA) is 179 Å². The number of allylic oxidation sites excluding steroid dienone is 1. The summed E-state index contributed by atoms with van der Waals surface area (Å²) in [4.78, 5) is 47.6. The molecule has 6 heterocycles. The molecule has 3 unspecified atom stereocenters. The van der Waals surface area contributed by atoms with Crippen LogP contribution in [0.2, 0.25) is 0 Å². The number of nitrogens with zero attached hydrogens (tertiary/aromatic N) is 4. The van der Waals surface area contributed by atoms with Crippen molar-refractivity contribution in [1.29, 1.82) is 0 Å². The fourth-order valence-corrected chi connectivity index (χ4v) is 8.68. The van der Waals surface area contributed by atoms with Crippen LogP contribution in [0.25, 0.3) is 5.70 Å². The number of halogens is 4. The van der Waals surface area contributed by atoms with Crippen LogP contribution >= 0.6 is 0 Å². The Balaban J connectivity index is 0.00000166. The lowest BCUT2D eigenvalue weighted by Crippen LogP contribution is -2.53. The number of hydrogen-bond acceptors (Lipinski definition) is 11. The lowest BCUT2D eigenvalue weighted by Gasteiger charge is -2.42. The number of carbonyl (C=O) groups is 3. The van der Waals surface area contributed by atoms with E-state index in [1.54, 1.807) is 17.2 Å². The smallest absolute Gasteiger partial charge is 0.255 e. The van der Waals surface area contributed by atoms with Gasteiger partial charge in [0.05, 0.1) is 17.8 Å². The van der Waals surface area contributed by atoms with E-state index in [9.17, 15) is 32.7 Å². The molecule has 0 spiro atoms. The third-order valence-electron chi connectivity index (χ3n) is 11.7. The average Bonchev–Trinajstić information content (AvgIpc) is 3.71. The number of phenolic OH excluding ortho intramolecular Hbond substituents is 1. The van der Waals surface area contributed by atoms with Gasteiger partial charge in [-0.2, -0.15) is 0 Å². The second-order valence-corrected chi connectivity index (χ2v) is 15.5. The van der Waals surface area contributed by atoms with E-state index < -0.39 is 47.9 Å². The fraction of sp³-hybridized carbons (Fsp3) is 0.415. The fourth-order valence-electron chi connectivity index (χ4n) is 8.68. The molecule has 0 radical (unpaired) electrons. The van der Waals surface area contributed by atoms with Gasteiger partial charge in [-0.15, -0.1) is 0 Å². The van der Waals surface area contributed by atoms with E-state index in [1.165, 1.54) is 18.2 Å². The first kappa shape index (κ1) is 40.4. The molecule has 0 saturated carbocycles. The Labute approximate surface area is 332 Å². The summed E-state index contributed by atoms with van der Waals surface area (Å²) in [7, 11) is 0. The first-order valence-corrected chi connectivity index (χ1v) is 19.2. The van der Waals surface area contributed by atoms with Gasteiger partial charge in [-0.25, -0.2) is 22.5 Å². The second-order valence-electron chi connectivity index (χ2n) is 15.5. The van der Waals surface area contributed by atoms with Gasteiger partial charge in [0, 0.05) is 55.5 Å². The molecular formula is C41H46F4N8O5. The molecule has 2 aromatic carbocycles. The number of hydrogen-bond donors (Lipinski definition) is 5. The van der Waals surface area contributed by atoms with Gasteiger partial charge in [-0.1, -0.05) is 18.2 Å². The molecule has 58 heavy (non-hydrogen) atoms. The molecule has 17 heteroatoms. The minimum Gasteiger partial charge on any atom is -0.504 e. The van der Waals surface area contributed by atoms with Gasteiger partial charge in [-0.3, -0.25) is 24.6 Å². The SMILES string of the molecule is CC12CNC(N)=C(/C=C(\N)c3cccc(F)c3O)N1CC(Oc1ncc(CN3CCC(c4ccc5c(c4)C(=O)N(C4CCC(=O)NC4=O)C5)CC3)cc1F)C2.FCF. The predicted molar refractivity (Wildman–Crippen MR) is 205 cm³/mol. The van der Waals surface area contributed by atoms with Gasteiger partial charge in [0.15, 0.2) is 17.4 Å². The van der Waals surface area contributed by atoms with Gasteiger partial charge in [-0.05, 0) is 92.2 Å². The van der Waals surface area contributed by atoms with Crippen LogP contribution in [0.4, 0.5) is 17.6 Å². The van der Waals surface area contributed by atoms with Crippen LogP contribution in [0.15, 0.2) is 66.3 Å². The molecule has 5 aliphatic rings. The number of likely N-dealkylation sites (tertiary alicyclic amines) is 1. The minimum atomic E-state index is -1.75. The minimum absolute atomic E-state index is 0.0792. The van der Waals surface area contributed by atoms with Gasteiger partial charge in [0.25, 0.3) is 11.8 Å². The zero-order chi connectivity index (χ0) is 41.3. The van der Waals surface area contributed by atoms with Crippen LogP contribution < -0.4 is 26.8 Å². The number of amides is 3. The van der Waals surface area contributed by atoms with Crippen LogP contribution in [-0.2, 0) is 22.7 Å². The second kappa shape index (κ2) is 16.6. The molecule has 3 amide bonds. The number of nitrogens with one attached hydrogen (secondary N) is 2. The molecular weight excluding hydrogens is 760 g/mol. The normalized spacial score (nSPS) is 23.9. The van der Waals surface area contributed by atoms with Crippen molar-refractivity contribution >= 4 is 23.4 Å². The van der Waals surface area contributed by atoms with Crippen LogP contribution in [0.5, 0.6) is 11.6 Å². The summed E-state index contributed by atoms with van der Waals surface area (Å²) >= 11 is 0. The van der Waals surface area contributed by atoms with Crippen molar-refractivity contribution in [3.05, 3.63) is 106 Å². The maximum atomic E-state index is 15.5. The number of aromatic hydroxyl groups is 1. The molecule has 5 aliphatic heterocycles. The third kappa shape index (κ3) is 8.12. The van der Waals surface area contributed by atoms with E-state index in [0.29, 0.717) is 56.1 Å². The standard InChI is InChI=1S/C40H44F2N8O5.CH2F2/c1-40-16-26(20-50(40)33(36(44)46-21-40)15-31(43)27-3-2-4-29(41)35(27)52)55-38-30(42)13-22(17-45-38)18-48-11-9-23(10-12-48)24-5-6-25-19-49(39(54)28(25)14-24)32-7-8-34(51)47-37(32)53;2-1-3/h2-6,13-15,17,23,26,32,46,52H,7-12,16,18-21,43-44H2,1H3,(H,47,51,53);1H2/b31-15-;. The number of phenols is 1. The number of para-hydroxylation sites is 1. The zero-order valence-corrected chi connectivity index (χ0v) is 31.9. The molecule has 3 atom stereocenters. The van der Waals surface area contributed by atoms with Gasteiger partial charge < -0.3 is 36.4 Å². The molecule has 8 rings (SSSR count). The molecule has 3 aromatic rings. The Bertz CT molecular complexity index is 2160. The number of pyridine rings is 1. The summed E-state index contributed by atoms with van der Waals surface area (Å²) < 4.78 is 54.9. The van der Waals surface area contributed by atoms with E-state index in [4.69, 9.17) is 16.2 Å². The number of benzene rings is 2. The number of rotatable bonds is 8. The first-order chi connectivity index (χ1) is 27.8. The van der Waals surface area contributed by atoms with Gasteiger partial charge in [0.2, 0.25) is 18.7 Å². The third-order valence-corrected chi connectivity index (χ3v) is 11.7. The molecule has 13 nitrogen and oxygen atoms in total. The Morgan fingerprint density at radius 3 is 2.57 bits per heavy atom. The van der Waals surface area contributed by atoms with Crippen LogP contribution in [-0.4, -0.2) is 93.3 Å². The number of piperidine rings is 2.